The summed E-state index contributed by atoms with van der Waals surface area (Å²) in [6.45, 7) is 10.0. The Labute approximate surface area is 161 Å². The number of likely N-dealkylation sites (tertiary alicyclic amines) is 1. The van der Waals surface area contributed by atoms with Crippen molar-refractivity contribution in [3.63, 3.8) is 0 Å². The molecule has 3 aliphatic heterocycles. The summed E-state index contributed by atoms with van der Waals surface area (Å²) in [6, 6.07) is 0.174. The Morgan fingerprint density at radius 3 is 2.93 bits per heavy atom. The first-order valence-electron chi connectivity index (χ1n) is 10.3. The summed E-state index contributed by atoms with van der Waals surface area (Å²) in [7, 11) is 0. The van der Waals surface area contributed by atoms with Crippen molar-refractivity contribution in [1.29, 1.82) is 0 Å². The molecule has 4 rings (SSSR count). The molecule has 1 aromatic heterocycles. The number of hydrogen-bond donors (Lipinski definition) is 3. The molecule has 0 spiro atoms. The van der Waals surface area contributed by atoms with Gasteiger partial charge < -0.3 is 10.2 Å². The Kier molecular flexibility index (Phi) is 5.18. The summed E-state index contributed by atoms with van der Waals surface area (Å²) in [6.07, 6.45) is 5.85. The third-order valence-electron chi connectivity index (χ3n) is 6.17. The van der Waals surface area contributed by atoms with Crippen molar-refractivity contribution in [3.8, 4) is 0 Å². The first kappa shape index (κ1) is 18.8. The van der Waals surface area contributed by atoms with E-state index in [9.17, 15) is 4.79 Å². The highest BCUT2D eigenvalue weighted by molar-refractivity contribution is 5.82. The lowest BCUT2D eigenvalue weighted by atomic mass is 9.84. The minimum absolute atomic E-state index is 0.136. The minimum atomic E-state index is -0.136. The molecule has 0 radical (unpaired) electrons. The van der Waals surface area contributed by atoms with Crippen molar-refractivity contribution < 1.29 is 4.79 Å². The van der Waals surface area contributed by atoms with Crippen molar-refractivity contribution in [2.45, 2.75) is 71.0 Å². The Bertz CT molecular complexity index is 700. The van der Waals surface area contributed by atoms with Gasteiger partial charge in [-0.25, -0.2) is 15.4 Å². The van der Waals surface area contributed by atoms with E-state index in [1.807, 2.05) is 11.1 Å². The number of aromatic nitrogens is 2. The molecule has 7 nitrogen and oxygen atoms in total. The number of nitrogens with zero attached hydrogens (tertiary/aromatic N) is 3. The Morgan fingerprint density at radius 1 is 1.30 bits per heavy atom. The van der Waals surface area contributed by atoms with Crippen LogP contribution < -0.4 is 16.2 Å². The van der Waals surface area contributed by atoms with Crippen molar-refractivity contribution in [2.75, 3.05) is 19.6 Å². The van der Waals surface area contributed by atoms with Gasteiger partial charge in [-0.1, -0.05) is 20.8 Å². The topological polar surface area (TPSA) is 82.2 Å². The van der Waals surface area contributed by atoms with Gasteiger partial charge in [0.05, 0.1) is 0 Å². The third kappa shape index (κ3) is 4.00. The van der Waals surface area contributed by atoms with Gasteiger partial charge in [0.15, 0.2) is 0 Å². The third-order valence-corrected chi connectivity index (χ3v) is 6.17. The van der Waals surface area contributed by atoms with Gasteiger partial charge in [0.2, 0.25) is 5.91 Å². The van der Waals surface area contributed by atoms with E-state index in [0.29, 0.717) is 6.04 Å². The number of fused-ring (bicyclic) bond motifs is 1. The summed E-state index contributed by atoms with van der Waals surface area (Å²) in [4.78, 5) is 24.6. The molecule has 0 aromatic carbocycles. The lowest BCUT2D eigenvalue weighted by Crippen LogP contribution is -2.49. The van der Waals surface area contributed by atoms with Crippen LogP contribution in [-0.4, -0.2) is 52.5 Å². The van der Waals surface area contributed by atoms with Gasteiger partial charge >= 0.3 is 0 Å². The molecule has 148 valence electrons. The maximum Gasteiger partial charge on any atom is 0.241 e. The summed E-state index contributed by atoms with van der Waals surface area (Å²) in [5.74, 6) is 1.37. The summed E-state index contributed by atoms with van der Waals surface area (Å²) < 4.78 is 0. The van der Waals surface area contributed by atoms with Gasteiger partial charge in [-0.3, -0.25) is 10.2 Å². The van der Waals surface area contributed by atoms with E-state index in [1.165, 1.54) is 11.3 Å². The van der Waals surface area contributed by atoms with Crippen LogP contribution in [0, 0.1) is 5.41 Å². The number of hydrazine groups is 1. The van der Waals surface area contributed by atoms with Gasteiger partial charge in [0, 0.05) is 62.0 Å². The van der Waals surface area contributed by atoms with Crippen molar-refractivity contribution in [3.05, 3.63) is 23.3 Å². The van der Waals surface area contributed by atoms with Gasteiger partial charge in [-0.15, -0.1) is 0 Å². The first-order chi connectivity index (χ1) is 12.9. The van der Waals surface area contributed by atoms with Crippen molar-refractivity contribution in [1.82, 2.24) is 31.0 Å². The average Bonchev–Trinajstić information content (AvgIpc) is 3.18. The van der Waals surface area contributed by atoms with Gasteiger partial charge in [0.25, 0.3) is 0 Å². The molecule has 0 aliphatic carbocycles. The van der Waals surface area contributed by atoms with Gasteiger partial charge in [-0.05, 0) is 24.7 Å². The molecule has 3 aliphatic rings. The number of carbonyl (C=O) groups is 1. The zero-order chi connectivity index (χ0) is 19.0. The van der Waals surface area contributed by atoms with E-state index >= 15 is 0 Å². The molecule has 1 aromatic rings. The molecule has 3 N–H and O–H groups in total. The fourth-order valence-electron chi connectivity index (χ4n) is 4.34. The lowest BCUT2D eigenvalue weighted by Gasteiger charge is -2.34. The fourth-order valence-corrected chi connectivity index (χ4v) is 4.34. The number of rotatable bonds is 2. The van der Waals surface area contributed by atoms with Gasteiger partial charge in [-0.2, -0.15) is 0 Å². The highest BCUT2D eigenvalue weighted by Crippen LogP contribution is 2.29. The molecule has 1 amide bonds. The number of amides is 1. The molecule has 0 saturated carbocycles. The van der Waals surface area contributed by atoms with Crippen LogP contribution in [0.5, 0.6) is 0 Å². The maximum absolute atomic E-state index is 13.1. The molecule has 3 unspecified atom stereocenters. The van der Waals surface area contributed by atoms with Crippen LogP contribution in [0.3, 0.4) is 0 Å². The van der Waals surface area contributed by atoms with E-state index in [0.717, 1.165) is 57.7 Å². The van der Waals surface area contributed by atoms with Crippen molar-refractivity contribution in [2.24, 2.45) is 5.41 Å². The smallest absolute Gasteiger partial charge is 0.241 e. The number of hydrogen-bond acceptors (Lipinski definition) is 6. The summed E-state index contributed by atoms with van der Waals surface area (Å²) in [5.41, 5.74) is 9.07. The fraction of sp³-hybridized carbons (Fsp3) is 0.750. The van der Waals surface area contributed by atoms with E-state index in [1.54, 1.807) is 0 Å². The Morgan fingerprint density at radius 2 is 2.15 bits per heavy atom. The summed E-state index contributed by atoms with van der Waals surface area (Å²) in [5, 5.41) is 3.36. The second-order valence-electron chi connectivity index (χ2n) is 9.25. The van der Waals surface area contributed by atoms with Crippen LogP contribution >= 0.6 is 0 Å². The van der Waals surface area contributed by atoms with E-state index in [2.05, 4.69) is 41.9 Å². The van der Waals surface area contributed by atoms with Crippen LogP contribution in [0.2, 0.25) is 0 Å². The van der Waals surface area contributed by atoms with Crippen LogP contribution in [0.25, 0.3) is 0 Å². The van der Waals surface area contributed by atoms with E-state index < -0.39 is 0 Å². The SMILES string of the molecule is CC(C)(C)C1CC(C(=O)N2CCCC(c3ncc4c(n3)CCNC4)C2)NN1. The van der Waals surface area contributed by atoms with Gasteiger partial charge in [0.1, 0.15) is 11.9 Å². The van der Waals surface area contributed by atoms with Crippen LogP contribution in [-0.2, 0) is 17.8 Å². The quantitative estimate of drug-likeness (QED) is 0.721. The lowest BCUT2D eigenvalue weighted by molar-refractivity contribution is -0.134. The van der Waals surface area contributed by atoms with Crippen LogP contribution in [0.15, 0.2) is 6.20 Å². The van der Waals surface area contributed by atoms with Crippen molar-refractivity contribution >= 4 is 5.91 Å². The molecule has 0 bridgehead atoms. The second kappa shape index (κ2) is 7.45. The normalized spacial score (nSPS) is 28.9. The zero-order valence-electron chi connectivity index (χ0n) is 16.7. The molecule has 4 heterocycles. The summed E-state index contributed by atoms with van der Waals surface area (Å²) >= 11 is 0. The van der Waals surface area contributed by atoms with Crippen LogP contribution in [0.1, 0.15) is 63.0 Å². The highest BCUT2D eigenvalue weighted by atomic mass is 16.2. The predicted octanol–water partition coefficient (Wildman–Crippen LogP) is 1.11. The molecule has 27 heavy (non-hydrogen) atoms. The molecule has 7 heteroatoms. The molecule has 2 saturated heterocycles. The molecular formula is C20H32N6O. The zero-order valence-corrected chi connectivity index (χ0v) is 16.7. The van der Waals surface area contributed by atoms with E-state index in [4.69, 9.17) is 4.98 Å². The maximum atomic E-state index is 13.1. The first-order valence-corrected chi connectivity index (χ1v) is 10.3. The largest absolute Gasteiger partial charge is 0.341 e. The molecular weight excluding hydrogens is 340 g/mol. The second-order valence-corrected chi connectivity index (χ2v) is 9.25. The highest BCUT2D eigenvalue weighted by Gasteiger charge is 2.38. The average molecular weight is 373 g/mol. The van der Waals surface area contributed by atoms with E-state index in [-0.39, 0.29) is 23.3 Å². The standard InChI is InChI=1S/C20H32N6O/c1-20(2,3)17-9-16(24-25-17)19(27)26-8-4-5-13(12-26)18-22-11-14-10-21-7-6-15(14)23-18/h11,13,16-17,21,24-25H,4-10,12H2,1-3H3. The number of piperidine rings is 1. The number of carbonyl (C=O) groups excluding carboxylic acids is 1. The minimum Gasteiger partial charge on any atom is -0.341 e. The molecule has 2 fully saturated rings. The predicted molar refractivity (Wildman–Crippen MR) is 104 cm³/mol. The Hall–Kier alpha value is -1.57. The molecule has 3 atom stereocenters. The monoisotopic (exact) mass is 372 g/mol. The number of nitrogens with one attached hydrogen (secondary N) is 3. The Balaban J connectivity index is 1.42. The van der Waals surface area contributed by atoms with Crippen LogP contribution in [0.4, 0.5) is 0 Å².